The second-order valence-corrected chi connectivity index (χ2v) is 9.42. The number of hydrogen-bond acceptors (Lipinski definition) is 4. The summed E-state index contributed by atoms with van der Waals surface area (Å²) >= 11 is 0. The quantitative estimate of drug-likeness (QED) is 0.637. The minimum atomic E-state index is -0.413. The summed E-state index contributed by atoms with van der Waals surface area (Å²) in [6.07, 6.45) is 4.79. The van der Waals surface area contributed by atoms with Gasteiger partial charge in [-0.1, -0.05) is 41.5 Å². The van der Waals surface area contributed by atoms with Crippen LogP contribution >= 0.6 is 0 Å². The molecule has 2 aliphatic rings. The van der Waals surface area contributed by atoms with Crippen LogP contribution in [0.15, 0.2) is 0 Å². The van der Waals surface area contributed by atoms with Crippen LogP contribution in [0.1, 0.15) is 73.6 Å². The maximum atomic E-state index is 13.1. The molecule has 0 aliphatic heterocycles. The second-order valence-electron chi connectivity index (χ2n) is 9.42. The van der Waals surface area contributed by atoms with E-state index in [2.05, 4.69) is 41.5 Å². The van der Waals surface area contributed by atoms with Gasteiger partial charge in [0, 0.05) is 0 Å². The van der Waals surface area contributed by atoms with Crippen molar-refractivity contribution in [3.05, 3.63) is 0 Å². The molecule has 1 radical (unpaired) electrons. The van der Waals surface area contributed by atoms with Crippen LogP contribution in [0.4, 0.5) is 0 Å². The Kier molecular flexibility index (Phi) is 7.54. The van der Waals surface area contributed by atoms with Crippen molar-refractivity contribution in [1.82, 2.24) is 0 Å². The maximum absolute atomic E-state index is 13.1. The minimum absolute atomic E-state index is 0.0175. The predicted molar refractivity (Wildman–Crippen MR) is 102 cm³/mol. The highest BCUT2D eigenvalue weighted by atomic mass is 16.6. The van der Waals surface area contributed by atoms with Gasteiger partial charge in [-0.05, 0) is 67.6 Å². The van der Waals surface area contributed by atoms with E-state index in [0.29, 0.717) is 23.7 Å². The van der Waals surface area contributed by atoms with E-state index in [1.165, 1.54) is 6.42 Å². The van der Waals surface area contributed by atoms with Gasteiger partial charge in [-0.25, -0.2) is 4.79 Å². The Morgan fingerprint density at radius 1 is 0.962 bits per heavy atom. The Labute approximate surface area is 159 Å². The Morgan fingerprint density at radius 2 is 1.62 bits per heavy atom. The van der Waals surface area contributed by atoms with Gasteiger partial charge >= 0.3 is 12.4 Å². The molecule has 0 heterocycles. The number of rotatable bonds is 6. The van der Waals surface area contributed by atoms with Gasteiger partial charge < -0.3 is 9.47 Å². The lowest BCUT2D eigenvalue weighted by Crippen LogP contribution is -2.48. The fraction of sp³-hybridized carbons (Fsp3) is 0.909. The summed E-state index contributed by atoms with van der Waals surface area (Å²) in [4.78, 5) is 24.1. The first-order valence-electron chi connectivity index (χ1n) is 10.5. The second kappa shape index (κ2) is 9.23. The number of hydrogen-bond donors (Lipinski definition) is 0. The molecule has 4 nitrogen and oxygen atoms in total. The Morgan fingerprint density at radius 3 is 2.19 bits per heavy atom. The molecule has 0 N–H and O–H groups in total. The molecule has 0 bridgehead atoms. The normalized spacial score (nSPS) is 38.2. The largest absolute Gasteiger partial charge is 0.462 e. The van der Waals surface area contributed by atoms with E-state index in [0.717, 1.165) is 25.7 Å². The lowest BCUT2D eigenvalue weighted by molar-refractivity contribution is -0.170. The predicted octanol–water partition coefficient (Wildman–Crippen LogP) is 4.76. The lowest BCUT2D eigenvalue weighted by atomic mass is 9.69. The van der Waals surface area contributed by atoms with E-state index in [1.54, 1.807) is 6.47 Å². The van der Waals surface area contributed by atoms with Gasteiger partial charge in [0.15, 0.2) is 0 Å². The molecule has 0 spiro atoms. The highest BCUT2D eigenvalue weighted by Crippen LogP contribution is 2.41. The van der Waals surface area contributed by atoms with E-state index >= 15 is 0 Å². The number of ether oxygens (including phenoxy) is 2. The first-order valence-corrected chi connectivity index (χ1v) is 10.5. The zero-order valence-electron chi connectivity index (χ0n) is 17.4. The summed E-state index contributed by atoms with van der Waals surface area (Å²) in [5.74, 6) is 1.79. The Bertz CT molecular complexity index is 473. The van der Waals surface area contributed by atoms with E-state index in [1.807, 2.05) is 0 Å². The van der Waals surface area contributed by atoms with Gasteiger partial charge in [0.1, 0.15) is 12.2 Å². The molecule has 7 atom stereocenters. The third-order valence-corrected chi connectivity index (χ3v) is 7.03. The summed E-state index contributed by atoms with van der Waals surface area (Å²) in [7, 11) is 0. The average Bonchev–Trinajstić information content (AvgIpc) is 2.56. The molecule has 2 fully saturated rings. The molecular formula is C22H37O4. The van der Waals surface area contributed by atoms with Gasteiger partial charge in [0.25, 0.3) is 0 Å². The summed E-state index contributed by atoms with van der Waals surface area (Å²) < 4.78 is 11.4. The van der Waals surface area contributed by atoms with E-state index < -0.39 is 6.10 Å². The number of carbonyl (C=O) groups is 1. The number of carbonyl (C=O) groups excluding carboxylic acids is 2. The molecule has 4 heteroatoms. The molecule has 0 aromatic heterocycles. The van der Waals surface area contributed by atoms with Crippen LogP contribution in [0.3, 0.4) is 0 Å². The van der Waals surface area contributed by atoms with Crippen molar-refractivity contribution < 1.29 is 19.1 Å². The zero-order chi connectivity index (χ0) is 19.4. The molecule has 0 amide bonds. The van der Waals surface area contributed by atoms with Crippen LogP contribution < -0.4 is 0 Å². The van der Waals surface area contributed by atoms with Crippen molar-refractivity contribution in [2.75, 3.05) is 0 Å². The number of esters is 1. The van der Waals surface area contributed by atoms with Crippen LogP contribution in [-0.2, 0) is 19.1 Å². The summed E-state index contributed by atoms with van der Waals surface area (Å²) in [6, 6.07) is 0. The van der Waals surface area contributed by atoms with Crippen LogP contribution in [0.25, 0.3) is 0 Å². The van der Waals surface area contributed by atoms with Gasteiger partial charge in [-0.15, -0.1) is 0 Å². The topological polar surface area (TPSA) is 52.6 Å². The monoisotopic (exact) mass is 365 g/mol. The van der Waals surface area contributed by atoms with Crippen LogP contribution in [-0.4, -0.2) is 24.6 Å². The van der Waals surface area contributed by atoms with Crippen molar-refractivity contribution in [2.45, 2.75) is 85.9 Å². The Balaban J connectivity index is 2.12. The van der Waals surface area contributed by atoms with Crippen molar-refractivity contribution in [1.29, 1.82) is 0 Å². The van der Waals surface area contributed by atoms with Crippen LogP contribution in [0.2, 0.25) is 0 Å². The molecule has 26 heavy (non-hydrogen) atoms. The van der Waals surface area contributed by atoms with Gasteiger partial charge in [0.05, 0.1) is 5.92 Å². The first-order chi connectivity index (χ1) is 12.3. The summed E-state index contributed by atoms with van der Waals surface area (Å²) in [6.45, 7) is 14.6. The van der Waals surface area contributed by atoms with E-state index in [-0.39, 0.29) is 29.8 Å². The standard InChI is InChI=1S/C22H37O4/c1-13(2)17-9-7-15(5)19(11-17)26-22(24)20-16(6)8-10-18(14(3)4)21(20)25-12-23/h13-21H,7-11H2,1-6H3/t15?,16-,17-,18?,19?,20+,21?/m1/s1. The van der Waals surface area contributed by atoms with E-state index in [9.17, 15) is 9.59 Å². The van der Waals surface area contributed by atoms with Crippen LogP contribution in [0, 0.1) is 41.4 Å². The van der Waals surface area contributed by atoms with Crippen molar-refractivity contribution in [3.8, 4) is 0 Å². The highest BCUT2D eigenvalue weighted by molar-refractivity contribution is 5.74. The molecule has 149 valence electrons. The molecule has 2 rings (SSSR count). The lowest BCUT2D eigenvalue weighted by Gasteiger charge is -2.42. The van der Waals surface area contributed by atoms with E-state index in [4.69, 9.17) is 9.47 Å². The fourth-order valence-corrected chi connectivity index (χ4v) is 4.99. The third kappa shape index (κ3) is 4.80. The molecular weight excluding hydrogens is 328 g/mol. The molecule has 0 aromatic carbocycles. The zero-order valence-corrected chi connectivity index (χ0v) is 17.4. The van der Waals surface area contributed by atoms with Crippen molar-refractivity contribution in [3.63, 3.8) is 0 Å². The molecule has 0 aromatic rings. The van der Waals surface area contributed by atoms with Crippen molar-refractivity contribution >= 4 is 12.4 Å². The fourth-order valence-electron chi connectivity index (χ4n) is 4.99. The van der Waals surface area contributed by atoms with Gasteiger partial charge in [-0.3, -0.25) is 4.79 Å². The molecule has 2 aliphatic carbocycles. The Hall–Kier alpha value is -1.06. The SMILES string of the molecule is CC(C)C1CC[C@@H](C)[C@H](C(=O)OC2C[C@H](C(C)C)CCC2C)C1O[C]=O. The summed E-state index contributed by atoms with van der Waals surface area (Å²) in [5.41, 5.74) is 0. The smallest absolute Gasteiger partial charge is 0.417 e. The van der Waals surface area contributed by atoms with Gasteiger partial charge in [0.2, 0.25) is 0 Å². The average molecular weight is 366 g/mol. The summed E-state index contributed by atoms with van der Waals surface area (Å²) in [5, 5.41) is 0. The molecule has 2 saturated carbocycles. The maximum Gasteiger partial charge on any atom is 0.417 e. The third-order valence-electron chi connectivity index (χ3n) is 7.03. The van der Waals surface area contributed by atoms with Gasteiger partial charge in [-0.2, -0.15) is 0 Å². The van der Waals surface area contributed by atoms with Crippen molar-refractivity contribution in [2.24, 2.45) is 41.4 Å². The highest BCUT2D eigenvalue weighted by Gasteiger charge is 2.46. The molecule has 4 unspecified atom stereocenters. The minimum Gasteiger partial charge on any atom is -0.462 e. The van der Waals surface area contributed by atoms with Crippen LogP contribution in [0.5, 0.6) is 0 Å². The molecule has 0 saturated heterocycles. The first kappa shape index (κ1) is 21.2.